The predicted molar refractivity (Wildman–Crippen MR) is 86.7 cm³/mol. The number of methoxy groups -OCH3 is 1. The minimum atomic E-state index is -0.732. The van der Waals surface area contributed by atoms with Crippen LogP contribution in [0.15, 0.2) is 36.4 Å². The highest BCUT2D eigenvalue weighted by atomic mass is 16.6. The summed E-state index contributed by atoms with van der Waals surface area (Å²) in [5, 5.41) is 11.1. The van der Waals surface area contributed by atoms with Crippen molar-refractivity contribution in [3.8, 4) is 17.2 Å². The van der Waals surface area contributed by atoms with E-state index < -0.39 is 10.9 Å². The molecule has 0 unspecified atom stereocenters. The molecule has 0 bridgehead atoms. The summed E-state index contributed by atoms with van der Waals surface area (Å²) >= 11 is 0. The summed E-state index contributed by atoms with van der Waals surface area (Å²) in [6.07, 6.45) is 0. The van der Waals surface area contributed by atoms with Crippen molar-refractivity contribution in [2.45, 2.75) is 13.8 Å². The van der Waals surface area contributed by atoms with Crippen LogP contribution in [-0.2, 0) is 4.79 Å². The maximum atomic E-state index is 11.9. The van der Waals surface area contributed by atoms with Gasteiger partial charge in [0.25, 0.3) is 0 Å². The van der Waals surface area contributed by atoms with E-state index >= 15 is 0 Å². The van der Waals surface area contributed by atoms with Crippen LogP contribution in [0.2, 0.25) is 0 Å². The first-order valence-electron chi connectivity index (χ1n) is 7.14. The van der Waals surface area contributed by atoms with Crippen LogP contribution in [0.4, 0.5) is 5.69 Å². The Morgan fingerprint density at radius 1 is 1.12 bits per heavy atom. The summed E-state index contributed by atoms with van der Waals surface area (Å²) in [4.78, 5) is 22.3. The number of aryl methyl sites for hydroxylation is 2. The summed E-state index contributed by atoms with van der Waals surface area (Å²) in [5.74, 6) is -0.0242. The summed E-state index contributed by atoms with van der Waals surface area (Å²) in [6.45, 7) is 3.41. The zero-order valence-electron chi connectivity index (χ0n) is 13.6. The Labute approximate surface area is 138 Å². The van der Waals surface area contributed by atoms with Crippen molar-refractivity contribution < 1.29 is 23.9 Å². The van der Waals surface area contributed by atoms with Crippen molar-refractivity contribution in [3.63, 3.8) is 0 Å². The zero-order valence-corrected chi connectivity index (χ0v) is 13.6. The van der Waals surface area contributed by atoms with Crippen LogP contribution >= 0.6 is 0 Å². The van der Waals surface area contributed by atoms with Crippen LogP contribution in [0.25, 0.3) is 0 Å². The molecule has 7 nitrogen and oxygen atoms in total. The smallest absolute Gasteiger partial charge is 0.349 e. The lowest BCUT2D eigenvalue weighted by Crippen LogP contribution is -2.18. The van der Waals surface area contributed by atoms with Crippen molar-refractivity contribution in [3.05, 3.63) is 57.6 Å². The van der Waals surface area contributed by atoms with Gasteiger partial charge in [-0.1, -0.05) is 12.1 Å². The van der Waals surface area contributed by atoms with Crippen LogP contribution in [0.1, 0.15) is 11.1 Å². The van der Waals surface area contributed by atoms with Gasteiger partial charge in [-0.05, 0) is 43.2 Å². The van der Waals surface area contributed by atoms with Crippen LogP contribution in [0, 0.1) is 24.0 Å². The van der Waals surface area contributed by atoms with E-state index in [2.05, 4.69) is 0 Å². The molecule has 0 aliphatic rings. The quantitative estimate of drug-likeness (QED) is 0.349. The van der Waals surface area contributed by atoms with E-state index in [4.69, 9.17) is 14.2 Å². The average molecular weight is 331 g/mol. The summed E-state index contributed by atoms with van der Waals surface area (Å²) in [7, 11) is 1.39. The second kappa shape index (κ2) is 7.45. The van der Waals surface area contributed by atoms with Gasteiger partial charge in [-0.15, -0.1) is 0 Å². The van der Waals surface area contributed by atoms with Gasteiger partial charge in [0.05, 0.1) is 18.1 Å². The van der Waals surface area contributed by atoms with Gasteiger partial charge >= 0.3 is 11.7 Å². The normalized spacial score (nSPS) is 10.1. The van der Waals surface area contributed by atoms with Gasteiger partial charge in [0.15, 0.2) is 6.61 Å². The lowest BCUT2D eigenvalue weighted by molar-refractivity contribution is -0.385. The maximum Gasteiger partial charge on any atom is 0.349 e. The molecule has 126 valence electrons. The third kappa shape index (κ3) is 4.22. The largest absolute Gasteiger partial charge is 0.496 e. The second-order valence-corrected chi connectivity index (χ2v) is 5.12. The third-order valence-electron chi connectivity index (χ3n) is 3.28. The van der Waals surface area contributed by atoms with E-state index in [0.717, 1.165) is 11.1 Å². The maximum absolute atomic E-state index is 11.9. The molecule has 0 spiro atoms. The topological polar surface area (TPSA) is 87.9 Å². The Bertz CT molecular complexity index is 772. The number of esters is 1. The molecule has 24 heavy (non-hydrogen) atoms. The number of hydrogen-bond acceptors (Lipinski definition) is 6. The van der Waals surface area contributed by atoms with E-state index in [0.29, 0.717) is 11.5 Å². The molecule has 0 atom stereocenters. The first-order valence-corrected chi connectivity index (χ1v) is 7.14. The number of carbonyl (C=O) groups is 1. The van der Waals surface area contributed by atoms with Gasteiger partial charge in [0.1, 0.15) is 11.5 Å². The summed E-state index contributed by atoms with van der Waals surface area (Å²) in [6, 6.07) is 9.59. The average Bonchev–Trinajstić information content (AvgIpc) is 2.55. The van der Waals surface area contributed by atoms with E-state index in [-0.39, 0.29) is 18.0 Å². The number of nitro benzene ring substituents is 1. The first kappa shape index (κ1) is 17.3. The van der Waals surface area contributed by atoms with Crippen LogP contribution in [-0.4, -0.2) is 24.6 Å². The van der Waals surface area contributed by atoms with Crippen LogP contribution in [0.5, 0.6) is 17.2 Å². The number of nitro groups is 1. The molecule has 0 aromatic heterocycles. The van der Waals surface area contributed by atoms with Crippen molar-refractivity contribution >= 4 is 11.7 Å². The molecule has 2 rings (SSSR count). The predicted octanol–water partition coefficient (Wildman–Crippen LogP) is 3.20. The standard InChI is InChI=1S/C17H17NO6/c1-11-4-5-12(2)16(8-11)23-10-17(19)24-15-7-6-13(22-3)9-14(15)18(20)21/h4-9H,10H2,1-3H3. The molecule has 0 saturated carbocycles. The molecule has 0 aliphatic carbocycles. The van der Waals surface area contributed by atoms with E-state index in [1.54, 1.807) is 6.07 Å². The Balaban J connectivity index is 2.07. The molecule has 0 aliphatic heterocycles. The SMILES string of the molecule is COc1ccc(OC(=O)COc2cc(C)ccc2C)c([N+](=O)[O-])c1. The van der Waals surface area contributed by atoms with Crippen LogP contribution in [0.3, 0.4) is 0 Å². The minimum Gasteiger partial charge on any atom is -0.496 e. The number of hydrogen-bond donors (Lipinski definition) is 0. The molecule has 2 aromatic carbocycles. The van der Waals surface area contributed by atoms with Crippen molar-refractivity contribution in [1.29, 1.82) is 0 Å². The first-order chi connectivity index (χ1) is 11.4. The molecule has 0 heterocycles. The zero-order chi connectivity index (χ0) is 17.7. The fourth-order valence-electron chi connectivity index (χ4n) is 2.00. The van der Waals surface area contributed by atoms with Crippen molar-refractivity contribution in [2.75, 3.05) is 13.7 Å². The monoisotopic (exact) mass is 331 g/mol. The third-order valence-corrected chi connectivity index (χ3v) is 3.28. The molecule has 0 N–H and O–H groups in total. The number of nitrogens with zero attached hydrogens (tertiary/aromatic N) is 1. The van der Waals surface area contributed by atoms with E-state index in [1.165, 1.54) is 25.3 Å². The number of ether oxygens (including phenoxy) is 3. The van der Waals surface area contributed by atoms with Gasteiger partial charge in [0, 0.05) is 0 Å². The fourth-order valence-corrected chi connectivity index (χ4v) is 2.00. The molecule has 0 amide bonds. The van der Waals surface area contributed by atoms with Gasteiger partial charge in [-0.25, -0.2) is 4.79 Å². The molecule has 0 radical (unpaired) electrons. The highest BCUT2D eigenvalue weighted by Crippen LogP contribution is 2.31. The Kier molecular flexibility index (Phi) is 5.36. The van der Waals surface area contributed by atoms with Gasteiger partial charge in [-0.3, -0.25) is 10.1 Å². The molecular formula is C17H17NO6. The number of rotatable bonds is 6. The van der Waals surface area contributed by atoms with Crippen molar-refractivity contribution in [2.24, 2.45) is 0 Å². The number of carbonyl (C=O) groups excluding carboxylic acids is 1. The van der Waals surface area contributed by atoms with Gasteiger partial charge < -0.3 is 14.2 Å². The second-order valence-electron chi connectivity index (χ2n) is 5.12. The lowest BCUT2D eigenvalue weighted by atomic mass is 10.1. The fraction of sp³-hybridized carbons (Fsp3) is 0.235. The van der Waals surface area contributed by atoms with E-state index in [1.807, 2.05) is 26.0 Å². The van der Waals surface area contributed by atoms with E-state index in [9.17, 15) is 14.9 Å². The Hall–Kier alpha value is -3.09. The summed E-state index contributed by atoms with van der Waals surface area (Å²) in [5.41, 5.74) is 1.52. The highest BCUT2D eigenvalue weighted by molar-refractivity contribution is 5.75. The lowest BCUT2D eigenvalue weighted by Gasteiger charge is -2.10. The Morgan fingerprint density at radius 3 is 2.54 bits per heavy atom. The molecule has 7 heteroatoms. The number of benzene rings is 2. The highest BCUT2D eigenvalue weighted by Gasteiger charge is 2.19. The molecule has 2 aromatic rings. The van der Waals surface area contributed by atoms with Crippen molar-refractivity contribution in [1.82, 2.24) is 0 Å². The summed E-state index contributed by atoms with van der Waals surface area (Å²) < 4.78 is 15.4. The molecule has 0 fully saturated rings. The molecule has 0 saturated heterocycles. The van der Waals surface area contributed by atoms with Gasteiger partial charge in [0.2, 0.25) is 5.75 Å². The Morgan fingerprint density at radius 2 is 1.88 bits per heavy atom. The molecular weight excluding hydrogens is 314 g/mol. The van der Waals surface area contributed by atoms with Gasteiger partial charge in [-0.2, -0.15) is 0 Å². The minimum absolute atomic E-state index is 0.157. The van der Waals surface area contributed by atoms with Crippen LogP contribution < -0.4 is 14.2 Å².